The molecule has 1 aromatic heterocycles. The van der Waals surface area contributed by atoms with Crippen molar-refractivity contribution in [1.29, 1.82) is 0 Å². The lowest BCUT2D eigenvalue weighted by atomic mass is 10.1. The first-order valence-electron chi connectivity index (χ1n) is 8.05. The van der Waals surface area contributed by atoms with Gasteiger partial charge in [0, 0.05) is 19.3 Å². The van der Waals surface area contributed by atoms with E-state index >= 15 is 0 Å². The van der Waals surface area contributed by atoms with Gasteiger partial charge in [0.05, 0.1) is 12.7 Å². The number of rotatable bonds is 8. The van der Waals surface area contributed by atoms with Crippen molar-refractivity contribution >= 4 is 0 Å². The quantitative estimate of drug-likeness (QED) is 0.733. The first-order chi connectivity index (χ1) is 11.0. The Morgan fingerprint density at radius 3 is 2.65 bits per heavy atom. The van der Waals surface area contributed by atoms with Crippen LogP contribution in [-0.2, 0) is 6.54 Å². The Balaban J connectivity index is 1.71. The summed E-state index contributed by atoms with van der Waals surface area (Å²) in [5.41, 5.74) is 4.59. The number of hydrogen-bond acceptors (Lipinski definition) is 4. The van der Waals surface area contributed by atoms with E-state index in [2.05, 4.69) is 23.4 Å². The molecule has 126 valence electrons. The van der Waals surface area contributed by atoms with Crippen molar-refractivity contribution < 1.29 is 9.84 Å². The summed E-state index contributed by atoms with van der Waals surface area (Å²) in [5.74, 6) is 0.885. The molecule has 2 N–H and O–H groups in total. The largest absolute Gasteiger partial charge is 0.490 e. The third kappa shape index (κ3) is 5.08. The van der Waals surface area contributed by atoms with Crippen LogP contribution in [0.5, 0.6) is 5.75 Å². The molecule has 23 heavy (non-hydrogen) atoms. The molecule has 5 nitrogen and oxygen atoms in total. The number of ether oxygens (including phenoxy) is 1. The molecule has 0 radical (unpaired) electrons. The number of nitrogens with zero attached hydrogens (tertiary/aromatic N) is 2. The van der Waals surface area contributed by atoms with E-state index in [0.29, 0.717) is 13.2 Å². The third-order valence-corrected chi connectivity index (χ3v) is 3.95. The van der Waals surface area contributed by atoms with Crippen LogP contribution in [0.4, 0.5) is 0 Å². The van der Waals surface area contributed by atoms with Crippen LogP contribution < -0.4 is 10.1 Å². The zero-order valence-corrected chi connectivity index (χ0v) is 14.5. The van der Waals surface area contributed by atoms with Crippen LogP contribution in [0, 0.1) is 27.7 Å². The van der Waals surface area contributed by atoms with Crippen LogP contribution in [0.3, 0.4) is 0 Å². The number of hydrogen-bond donors (Lipinski definition) is 2. The Hall–Kier alpha value is -1.85. The second-order valence-electron chi connectivity index (χ2n) is 6.10. The summed E-state index contributed by atoms with van der Waals surface area (Å²) in [6, 6.07) is 4.14. The number of aromatic nitrogens is 2. The fraction of sp³-hybridized carbons (Fsp3) is 0.500. The van der Waals surface area contributed by atoms with Crippen molar-refractivity contribution in [1.82, 2.24) is 15.1 Å². The van der Waals surface area contributed by atoms with Crippen LogP contribution in [0.1, 0.15) is 22.3 Å². The molecule has 0 amide bonds. The van der Waals surface area contributed by atoms with Gasteiger partial charge >= 0.3 is 0 Å². The molecule has 0 aliphatic heterocycles. The Morgan fingerprint density at radius 1 is 1.22 bits per heavy atom. The van der Waals surface area contributed by atoms with E-state index in [0.717, 1.165) is 35.5 Å². The summed E-state index contributed by atoms with van der Waals surface area (Å²) < 4.78 is 7.71. The lowest BCUT2D eigenvalue weighted by molar-refractivity contribution is 0.105. The van der Waals surface area contributed by atoms with Crippen molar-refractivity contribution in [3.05, 3.63) is 46.8 Å². The zero-order valence-electron chi connectivity index (χ0n) is 14.5. The number of aryl methyl sites for hydroxylation is 3. The standard InChI is InChI=1S/C18H27N3O2/c1-13-9-20-21(11-13)8-7-19-10-17(22)12-23-18-15(3)6-5-14(2)16(18)4/h5-6,9,11,17,19,22H,7-8,10,12H2,1-4H3/t17-/m0/s1. The lowest BCUT2D eigenvalue weighted by Crippen LogP contribution is -2.33. The van der Waals surface area contributed by atoms with Crippen molar-refractivity contribution in [2.75, 3.05) is 19.7 Å². The first-order valence-corrected chi connectivity index (χ1v) is 8.05. The Labute approximate surface area is 138 Å². The predicted octanol–water partition coefficient (Wildman–Crippen LogP) is 2.15. The average molecular weight is 317 g/mol. The molecule has 1 heterocycles. The van der Waals surface area contributed by atoms with Gasteiger partial charge in [-0.2, -0.15) is 5.10 Å². The van der Waals surface area contributed by atoms with Crippen molar-refractivity contribution in [2.45, 2.75) is 40.3 Å². The molecule has 0 spiro atoms. The SMILES string of the molecule is Cc1cnn(CCNC[C@H](O)COc2c(C)ccc(C)c2C)c1. The molecule has 0 unspecified atom stereocenters. The van der Waals surface area contributed by atoms with E-state index in [1.165, 1.54) is 5.56 Å². The minimum Gasteiger partial charge on any atom is -0.490 e. The van der Waals surface area contributed by atoms with Crippen molar-refractivity contribution in [3.8, 4) is 5.75 Å². The molecular weight excluding hydrogens is 290 g/mol. The van der Waals surface area contributed by atoms with Gasteiger partial charge in [-0.3, -0.25) is 4.68 Å². The van der Waals surface area contributed by atoms with Gasteiger partial charge in [-0.15, -0.1) is 0 Å². The summed E-state index contributed by atoms with van der Waals surface area (Å²) in [4.78, 5) is 0. The number of aliphatic hydroxyl groups is 1. The van der Waals surface area contributed by atoms with Crippen LogP contribution in [0.15, 0.2) is 24.5 Å². The highest BCUT2D eigenvalue weighted by molar-refractivity contribution is 5.44. The smallest absolute Gasteiger partial charge is 0.125 e. The van der Waals surface area contributed by atoms with Crippen molar-refractivity contribution in [2.24, 2.45) is 0 Å². The zero-order chi connectivity index (χ0) is 16.8. The first kappa shape index (κ1) is 17.5. The van der Waals surface area contributed by atoms with E-state index in [9.17, 15) is 5.11 Å². The third-order valence-electron chi connectivity index (χ3n) is 3.95. The molecule has 0 bridgehead atoms. The second-order valence-corrected chi connectivity index (χ2v) is 6.10. The number of benzene rings is 1. The van der Waals surface area contributed by atoms with Crippen LogP contribution in [0.2, 0.25) is 0 Å². The van der Waals surface area contributed by atoms with Crippen LogP contribution in [0.25, 0.3) is 0 Å². The Kier molecular flexibility index (Phi) is 6.19. The van der Waals surface area contributed by atoms with Gasteiger partial charge in [0.25, 0.3) is 0 Å². The summed E-state index contributed by atoms with van der Waals surface area (Å²) in [5, 5.41) is 17.5. The maximum atomic E-state index is 10.1. The molecule has 0 aliphatic carbocycles. The molecule has 5 heteroatoms. The highest BCUT2D eigenvalue weighted by Crippen LogP contribution is 2.25. The van der Waals surface area contributed by atoms with E-state index in [1.807, 2.05) is 43.9 Å². The molecular formula is C18H27N3O2. The lowest BCUT2D eigenvalue weighted by Gasteiger charge is -2.17. The van der Waals surface area contributed by atoms with Gasteiger partial charge in [-0.25, -0.2) is 0 Å². The molecule has 0 saturated carbocycles. The maximum Gasteiger partial charge on any atom is 0.125 e. The van der Waals surface area contributed by atoms with Gasteiger partial charge in [-0.05, 0) is 49.9 Å². The van der Waals surface area contributed by atoms with Gasteiger partial charge in [0.15, 0.2) is 0 Å². The number of nitrogens with one attached hydrogen (secondary N) is 1. The average Bonchev–Trinajstić information content (AvgIpc) is 2.93. The minimum atomic E-state index is -0.534. The molecule has 0 saturated heterocycles. The number of aliphatic hydroxyl groups excluding tert-OH is 1. The minimum absolute atomic E-state index is 0.291. The van der Waals surface area contributed by atoms with Gasteiger partial charge in [-0.1, -0.05) is 12.1 Å². The maximum absolute atomic E-state index is 10.1. The fourth-order valence-corrected chi connectivity index (χ4v) is 2.44. The Bertz CT molecular complexity index is 637. The summed E-state index contributed by atoms with van der Waals surface area (Å²) >= 11 is 0. The molecule has 0 fully saturated rings. The highest BCUT2D eigenvalue weighted by Gasteiger charge is 2.10. The molecule has 1 aromatic carbocycles. The summed E-state index contributed by atoms with van der Waals surface area (Å²) in [6.45, 7) is 10.5. The molecule has 2 rings (SSSR count). The van der Waals surface area contributed by atoms with Crippen molar-refractivity contribution in [3.63, 3.8) is 0 Å². The van der Waals surface area contributed by atoms with E-state index in [4.69, 9.17) is 4.74 Å². The van der Waals surface area contributed by atoms with Gasteiger partial charge in [0.2, 0.25) is 0 Å². The van der Waals surface area contributed by atoms with Crippen LogP contribution in [-0.4, -0.2) is 40.7 Å². The molecule has 0 aliphatic rings. The van der Waals surface area contributed by atoms with Gasteiger partial charge < -0.3 is 15.2 Å². The molecule has 2 aromatic rings. The Morgan fingerprint density at radius 2 is 1.96 bits per heavy atom. The normalized spacial score (nSPS) is 12.4. The van der Waals surface area contributed by atoms with Crippen LogP contribution >= 0.6 is 0 Å². The van der Waals surface area contributed by atoms with E-state index in [-0.39, 0.29) is 0 Å². The second kappa shape index (κ2) is 8.13. The predicted molar refractivity (Wildman–Crippen MR) is 92.0 cm³/mol. The van der Waals surface area contributed by atoms with E-state index < -0.39 is 6.10 Å². The topological polar surface area (TPSA) is 59.3 Å². The summed E-state index contributed by atoms with van der Waals surface area (Å²) in [7, 11) is 0. The molecule has 1 atom stereocenters. The fourth-order valence-electron chi connectivity index (χ4n) is 2.44. The monoisotopic (exact) mass is 317 g/mol. The highest BCUT2D eigenvalue weighted by atomic mass is 16.5. The van der Waals surface area contributed by atoms with E-state index in [1.54, 1.807) is 0 Å². The van der Waals surface area contributed by atoms with Gasteiger partial charge in [0.1, 0.15) is 18.5 Å². The summed E-state index contributed by atoms with van der Waals surface area (Å²) in [6.07, 6.45) is 3.31.